The molecular formula is C31H33ClF2N2O6S. The number of nitrogens with zero attached hydrogens (tertiary/aromatic N) is 1. The standard InChI is InChI=1S/C31H33ClF2N2O6S/c1-30(2,3)26-6-4-5-24(36-26)27(37)28(38)31(40)17-12-18(31)14-20(13-17)43(41,42)25-11-16(7-9-21(25)32)29(39)35-19-8-10-22(33)23(34)15-19/h4-11,15,17-18,20,27-28,37-38,40H,12-14H2,1-3H3,(H,35,39). The zero-order chi connectivity index (χ0) is 31.5. The van der Waals surface area contributed by atoms with E-state index in [0.29, 0.717) is 12.1 Å². The molecule has 0 radical (unpaired) electrons. The molecule has 8 nitrogen and oxygen atoms in total. The number of carbonyl (C=O) groups is 1. The molecule has 4 N–H and O–H groups in total. The van der Waals surface area contributed by atoms with Crippen LogP contribution in [0.3, 0.4) is 0 Å². The predicted octanol–water partition coefficient (Wildman–Crippen LogP) is 4.96. The van der Waals surface area contributed by atoms with Crippen LogP contribution in [-0.2, 0) is 15.3 Å². The largest absolute Gasteiger partial charge is 0.387 e. The Morgan fingerprint density at radius 1 is 1.02 bits per heavy atom. The molecule has 2 aromatic carbocycles. The molecule has 0 spiro atoms. The Hall–Kier alpha value is -2.96. The quantitative estimate of drug-likeness (QED) is 0.288. The van der Waals surface area contributed by atoms with Gasteiger partial charge in [0, 0.05) is 28.4 Å². The molecule has 1 heterocycles. The predicted molar refractivity (Wildman–Crippen MR) is 156 cm³/mol. The normalized spacial score (nSPS) is 25.0. The van der Waals surface area contributed by atoms with Crippen LogP contribution in [0.4, 0.5) is 14.5 Å². The first-order chi connectivity index (χ1) is 20.0. The summed E-state index contributed by atoms with van der Waals surface area (Å²) in [6.45, 7) is 5.90. The van der Waals surface area contributed by atoms with Crippen LogP contribution in [0.5, 0.6) is 0 Å². The highest BCUT2D eigenvalue weighted by molar-refractivity contribution is 7.92. The molecular weight excluding hydrogens is 602 g/mol. The fourth-order valence-corrected chi connectivity index (χ4v) is 8.60. The summed E-state index contributed by atoms with van der Waals surface area (Å²) in [5.41, 5.74) is -1.16. The maximum absolute atomic E-state index is 13.7. The summed E-state index contributed by atoms with van der Waals surface area (Å²) in [5.74, 6) is -4.20. The lowest BCUT2D eigenvalue weighted by atomic mass is 9.51. The summed E-state index contributed by atoms with van der Waals surface area (Å²) in [6, 6.07) is 11.7. The van der Waals surface area contributed by atoms with Crippen LogP contribution in [0.25, 0.3) is 0 Å². The minimum absolute atomic E-state index is 0.0101. The number of rotatable bonds is 7. The van der Waals surface area contributed by atoms with Crippen LogP contribution in [0.15, 0.2) is 59.5 Å². The number of halogens is 3. The first kappa shape index (κ1) is 31.5. The molecule has 1 amide bonds. The van der Waals surface area contributed by atoms with Crippen LogP contribution in [0, 0.1) is 23.5 Å². The Kier molecular flexibility index (Phi) is 8.19. The van der Waals surface area contributed by atoms with Crippen molar-refractivity contribution in [2.75, 3.05) is 5.32 Å². The van der Waals surface area contributed by atoms with Gasteiger partial charge in [-0.2, -0.15) is 0 Å². The van der Waals surface area contributed by atoms with Crippen molar-refractivity contribution in [1.82, 2.24) is 4.98 Å². The third-order valence-electron chi connectivity index (χ3n) is 8.70. The van der Waals surface area contributed by atoms with E-state index in [1.54, 1.807) is 12.1 Å². The second-order valence-corrected chi connectivity index (χ2v) is 15.1. The molecule has 12 heteroatoms. The SMILES string of the molecule is CC(C)(C)c1cccc(C(O)C(O)C2(O)C3CC2CC(S(=O)(=O)c2cc(C(=O)Nc4ccc(F)c(F)c4)ccc2Cl)C3)n1. The number of aliphatic hydroxyl groups excluding tert-OH is 2. The van der Waals surface area contributed by atoms with Crippen molar-refractivity contribution >= 4 is 33.0 Å². The van der Waals surface area contributed by atoms with Gasteiger partial charge in [0.2, 0.25) is 0 Å². The summed E-state index contributed by atoms with van der Waals surface area (Å²) in [7, 11) is -4.10. The molecule has 230 valence electrons. The smallest absolute Gasteiger partial charge is 0.255 e. The van der Waals surface area contributed by atoms with Gasteiger partial charge in [0.05, 0.1) is 26.5 Å². The number of pyridine rings is 1. The molecule has 3 aliphatic rings. The average Bonchev–Trinajstić information content (AvgIpc) is 2.97. The highest BCUT2D eigenvalue weighted by Crippen LogP contribution is 2.58. The number of nitrogens with one attached hydrogen (secondary N) is 1. The van der Waals surface area contributed by atoms with Gasteiger partial charge < -0.3 is 20.6 Å². The highest BCUT2D eigenvalue weighted by atomic mass is 35.5. The van der Waals surface area contributed by atoms with Gasteiger partial charge in [0.15, 0.2) is 21.5 Å². The molecule has 0 saturated heterocycles. The number of benzene rings is 2. The number of hydrogen-bond donors (Lipinski definition) is 4. The number of hydrogen-bond acceptors (Lipinski definition) is 7. The summed E-state index contributed by atoms with van der Waals surface area (Å²) < 4.78 is 54.3. The van der Waals surface area contributed by atoms with Crippen LogP contribution in [0.1, 0.15) is 67.9 Å². The monoisotopic (exact) mass is 634 g/mol. The van der Waals surface area contributed by atoms with Crippen molar-refractivity contribution in [1.29, 1.82) is 0 Å². The summed E-state index contributed by atoms with van der Waals surface area (Å²) in [4.78, 5) is 17.0. The van der Waals surface area contributed by atoms with Crippen molar-refractivity contribution in [3.05, 3.63) is 88.2 Å². The number of carbonyl (C=O) groups excluding carboxylic acids is 1. The summed E-state index contributed by atoms with van der Waals surface area (Å²) >= 11 is 6.28. The van der Waals surface area contributed by atoms with Gasteiger partial charge in [-0.3, -0.25) is 9.78 Å². The van der Waals surface area contributed by atoms with Crippen molar-refractivity contribution in [2.24, 2.45) is 11.8 Å². The first-order valence-electron chi connectivity index (χ1n) is 13.9. The van der Waals surface area contributed by atoms with E-state index in [2.05, 4.69) is 10.3 Å². The van der Waals surface area contributed by atoms with Gasteiger partial charge in [-0.05, 0) is 73.6 Å². The Morgan fingerprint density at radius 2 is 1.70 bits per heavy atom. The van der Waals surface area contributed by atoms with E-state index < -0.39 is 62.3 Å². The molecule has 1 aromatic heterocycles. The van der Waals surface area contributed by atoms with Crippen molar-refractivity contribution < 1.29 is 37.3 Å². The summed E-state index contributed by atoms with van der Waals surface area (Å²) in [6.07, 6.45) is -2.57. The first-order valence-corrected chi connectivity index (χ1v) is 15.8. The van der Waals surface area contributed by atoms with E-state index in [0.717, 1.165) is 18.2 Å². The minimum Gasteiger partial charge on any atom is -0.387 e. The molecule has 4 atom stereocenters. The number of aliphatic hydroxyl groups is 3. The van der Waals surface area contributed by atoms with Crippen LogP contribution >= 0.6 is 11.6 Å². The Labute approximate surface area is 253 Å². The van der Waals surface area contributed by atoms with Crippen LogP contribution in [-0.4, -0.2) is 51.6 Å². The van der Waals surface area contributed by atoms with E-state index in [-0.39, 0.29) is 45.1 Å². The second-order valence-electron chi connectivity index (χ2n) is 12.5. The number of sulfone groups is 1. The van der Waals surface area contributed by atoms with Gasteiger partial charge in [-0.15, -0.1) is 0 Å². The Balaban J connectivity index is 1.33. The zero-order valence-electron chi connectivity index (χ0n) is 23.8. The van der Waals surface area contributed by atoms with E-state index in [1.165, 1.54) is 18.2 Å². The third kappa shape index (κ3) is 5.69. The number of amides is 1. The van der Waals surface area contributed by atoms with Crippen LogP contribution < -0.4 is 5.32 Å². The van der Waals surface area contributed by atoms with Gasteiger partial charge in [-0.25, -0.2) is 17.2 Å². The third-order valence-corrected chi connectivity index (χ3v) is 11.4. The molecule has 43 heavy (non-hydrogen) atoms. The number of aromatic nitrogens is 1. The van der Waals surface area contributed by atoms with Crippen molar-refractivity contribution in [2.45, 2.75) is 73.4 Å². The Bertz CT molecular complexity index is 1670. The average molecular weight is 635 g/mol. The van der Waals surface area contributed by atoms with Gasteiger partial charge >= 0.3 is 0 Å². The lowest BCUT2D eigenvalue weighted by molar-refractivity contribution is -0.252. The minimum atomic E-state index is -4.10. The van der Waals surface area contributed by atoms with E-state index >= 15 is 0 Å². The fraction of sp³-hybridized carbons (Fsp3) is 0.419. The fourth-order valence-electron chi connectivity index (χ4n) is 6.20. The Morgan fingerprint density at radius 3 is 2.33 bits per heavy atom. The summed E-state index contributed by atoms with van der Waals surface area (Å²) in [5, 5.41) is 35.1. The van der Waals surface area contributed by atoms with Crippen molar-refractivity contribution in [3.8, 4) is 0 Å². The van der Waals surface area contributed by atoms with E-state index in [9.17, 15) is 37.3 Å². The lowest BCUT2D eigenvalue weighted by Crippen LogP contribution is -2.68. The number of fused-ring (bicyclic) bond motifs is 2. The molecule has 3 fully saturated rings. The molecule has 3 aliphatic carbocycles. The maximum Gasteiger partial charge on any atom is 0.255 e. The maximum atomic E-state index is 13.7. The number of anilines is 1. The van der Waals surface area contributed by atoms with Gasteiger partial charge in [-0.1, -0.05) is 38.4 Å². The van der Waals surface area contributed by atoms with Crippen molar-refractivity contribution in [3.63, 3.8) is 0 Å². The second kappa shape index (κ2) is 11.2. The molecule has 6 rings (SSSR count). The zero-order valence-corrected chi connectivity index (χ0v) is 25.3. The molecule has 3 aromatic rings. The molecule has 3 saturated carbocycles. The van der Waals surface area contributed by atoms with E-state index in [4.69, 9.17) is 11.6 Å². The topological polar surface area (TPSA) is 137 Å². The lowest BCUT2D eigenvalue weighted by Gasteiger charge is -2.60. The van der Waals surface area contributed by atoms with Gasteiger partial charge in [0.25, 0.3) is 5.91 Å². The molecule has 0 aliphatic heterocycles. The molecule has 4 unspecified atom stereocenters. The highest BCUT2D eigenvalue weighted by Gasteiger charge is 2.64. The van der Waals surface area contributed by atoms with E-state index in [1.807, 2.05) is 26.8 Å². The van der Waals surface area contributed by atoms with Crippen LogP contribution in [0.2, 0.25) is 5.02 Å². The van der Waals surface area contributed by atoms with Gasteiger partial charge in [0.1, 0.15) is 12.2 Å². The molecule has 2 bridgehead atoms.